The molecule has 0 aliphatic carbocycles. The van der Waals surface area contributed by atoms with Gasteiger partial charge in [-0.05, 0) is 43.6 Å². The van der Waals surface area contributed by atoms with Crippen LogP contribution in [0.4, 0.5) is 0 Å². The van der Waals surface area contributed by atoms with Gasteiger partial charge in [0.2, 0.25) is 0 Å². The summed E-state index contributed by atoms with van der Waals surface area (Å²) >= 11 is 0. The second-order valence-electron chi connectivity index (χ2n) is 6.33. The van der Waals surface area contributed by atoms with Gasteiger partial charge in [0.1, 0.15) is 17.7 Å². The lowest BCUT2D eigenvalue weighted by Gasteiger charge is -2.29. The molecule has 1 aromatic carbocycles. The molecular weight excluding hydrogens is 457 g/mol. The number of hydrogen-bond acceptors (Lipinski definition) is 5. The minimum Gasteiger partial charge on any atom is -0.497 e. The van der Waals surface area contributed by atoms with Crippen molar-refractivity contribution >= 4 is 29.9 Å². The highest BCUT2D eigenvalue weighted by Crippen LogP contribution is 2.27. The van der Waals surface area contributed by atoms with Gasteiger partial charge in [0.15, 0.2) is 5.96 Å². The average molecular weight is 485 g/mol. The van der Waals surface area contributed by atoms with E-state index in [1.807, 2.05) is 12.1 Å². The largest absolute Gasteiger partial charge is 0.497 e. The summed E-state index contributed by atoms with van der Waals surface area (Å²) in [4.78, 5) is 6.83. The molecule has 8 heteroatoms. The van der Waals surface area contributed by atoms with E-state index in [0.29, 0.717) is 6.54 Å². The molecule has 148 valence electrons. The maximum atomic E-state index is 5.40. The number of ether oxygens (including phenoxy) is 1. The van der Waals surface area contributed by atoms with Gasteiger partial charge in [-0.2, -0.15) is 0 Å². The van der Waals surface area contributed by atoms with Gasteiger partial charge in [-0.15, -0.1) is 24.0 Å². The normalized spacial score (nSPS) is 15.9. The SMILES string of the molecule is CN=C(NCc1ccon1)NCC(c1cccc(OC)c1)N1CCCC1.I. The summed E-state index contributed by atoms with van der Waals surface area (Å²) < 4.78 is 10.3. The summed E-state index contributed by atoms with van der Waals surface area (Å²) in [6.45, 7) is 3.58. The standard InChI is InChI=1S/C19H27N5O2.HI/c1-20-19(21-13-16-8-11-26-23-16)22-14-18(24-9-3-4-10-24)15-6-5-7-17(12-15)25-2;/h5-8,11-12,18H,3-4,9-10,13-14H2,1-2H3,(H2,20,21,22);1H. The molecule has 3 rings (SSSR count). The lowest BCUT2D eigenvalue weighted by Crippen LogP contribution is -2.42. The van der Waals surface area contributed by atoms with Crippen LogP contribution in [0.2, 0.25) is 0 Å². The van der Waals surface area contributed by atoms with E-state index in [0.717, 1.165) is 37.0 Å². The molecule has 0 bridgehead atoms. The van der Waals surface area contributed by atoms with Crippen LogP contribution in [0.5, 0.6) is 5.75 Å². The molecule has 0 amide bonds. The number of likely N-dealkylation sites (tertiary alicyclic amines) is 1. The Labute approximate surface area is 177 Å². The van der Waals surface area contributed by atoms with E-state index in [2.05, 4.69) is 43.9 Å². The third kappa shape index (κ3) is 6.10. The summed E-state index contributed by atoms with van der Waals surface area (Å²) in [7, 11) is 3.48. The molecule has 1 fully saturated rings. The fourth-order valence-corrected chi connectivity index (χ4v) is 3.28. The van der Waals surface area contributed by atoms with Crippen LogP contribution < -0.4 is 15.4 Å². The molecule has 27 heavy (non-hydrogen) atoms. The molecule has 0 radical (unpaired) electrons. The van der Waals surface area contributed by atoms with Gasteiger partial charge in [-0.25, -0.2) is 0 Å². The van der Waals surface area contributed by atoms with Gasteiger partial charge in [-0.3, -0.25) is 9.89 Å². The van der Waals surface area contributed by atoms with Crippen molar-refractivity contribution in [2.24, 2.45) is 4.99 Å². The maximum absolute atomic E-state index is 5.40. The quantitative estimate of drug-likeness (QED) is 0.357. The van der Waals surface area contributed by atoms with Gasteiger partial charge < -0.3 is 19.9 Å². The summed E-state index contributed by atoms with van der Waals surface area (Å²) in [5.41, 5.74) is 2.10. The van der Waals surface area contributed by atoms with Crippen LogP contribution in [-0.2, 0) is 6.54 Å². The first-order valence-corrected chi connectivity index (χ1v) is 9.02. The number of nitrogens with zero attached hydrogens (tertiary/aromatic N) is 3. The van der Waals surface area contributed by atoms with Crippen molar-refractivity contribution in [1.29, 1.82) is 0 Å². The Morgan fingerprint density at radius 3 is 2.78 bits per heavy atom. The molecule has 1 atom stereocenters. The Hall–Kier alpha value is -1.81. The molecule has 1 saturated heterocycles. The smallest absolute Gasteiger partial charge is 0.191 e. The second-order valence-corrected chi connectivity index (χ2v) is 6.33. The molecule has 7 nitrogen and oxygen atoms in total. The molecule has 1 unspecified atom stereocenters. The fraction of sp³-hybridized carbons (Fsp3) is 0.474. The summed E-state index contributed by atoms with van der Waals surface area (Å²) in [6.07, 6.45) is 4.07. The molecule has 2 aromatic rings. The van der Waals surface area contributed by atoms with Gasteiger partial charge in [0.05, 0.1) is 19.7 Å². The molecule has 2 heterocycles. The molecular formula is C19H28IN5O2. The molecule has 0 saturated carbocycles. The zero-order valence-corrected chi connectivity index (χ0v) is 18.2. The molecule has 1 aliphatic rings. The lowest BCUT2D eigenvalue weighted by atomic mass is 10.1. The highest BCUT2D eigenvalue weighted by atomic mass is 127. The summed E-state index contributed by atoms with van der Waals surface area (Å²) in [6, 6.07) is 10.4. The summed E-state index contributed by atoms with van der Waals surface area (Å²) in [5.74, 6) is 1.64. The van der Waals surface area contributed by atoms with E-state index in [4.69, 9.17) is 9.26 Å². The van der Waals surface area contributed by atoms with Gasteiger partial charge >= 0.3 is 0 Å². The van der Waals surface area contributed by atoms with Crippen LogP contribution in [0.1, 0.15) is 30.1 Å². The van der Waals surface area contributed by atoms with E-state index in [1.165, 1.54) is 18.4 Å². The number of rotatable bonds is 7. The van der Waals surface area contributed by atoms with Crippen LogP contribution in [-0.4, -0.2) is 49.8 Å². The number of methoxy groups -OCH3 is 1. The first kappa shape index (κ1) is 21.5. The van der Waals surface area contributed by atoms with E-state index in [1.54, 1.807) is 20.4 Å². The zero-order chi connectivity index (χ0) is 18.2. The number of hydrogen-bond donors (Lipinski definition) is 2. The van der Waals surface area contributed by atoms with Gasteiger partial charge in [-0.1, -0.05) is 17.3 Å². The van der Waals surface area contributed by atoms with Crippen LogP contribution >= 0.6 is 24.0 Å². The molecule has 0 spiro atoms. The minimum absolute atomic E-state index is 0. The lowest BCUT2D eigenvalue weighted by molar-refractivity contribution is 0.245. The van der Waals surface area contributed by atoms with Gasteiger partial charge in [0, 0.05) is 19.7 Å². The highest BCUT2D eigenvalue weighted by molar-refractivity contribution is 14.0. The van der Waals surface area contributed by atoms with Crippen molar-refractivity contribution in [3.63, 3.8) is 0 Å². The van der Waals surface area contributed by atoms with E-state index in [9.17, 15) is 0 Å². The third-order valence-corrected chi connectivity index (χ3v) is 4.67. The Bertz CT molecular complexity index is 702. The monoisotopic (exact) mass is 485 g/mol. The van der Waals surface area contributed by atoms with E-state index in [-0.39, 0.29) is 30.0 Å². The first-order valence-electron chi connectivity index (χ1n) is 9.02. The van der Waals surface area contributed by atoms with Crippen LogP contribution in [0.3, 0.4) is 0 Å². The maximum Gasteiger partial charge on any atom is 0.191 e. The molecule has 1 aromatic heterocycles. The second kappa shape index (κ2) is 11.1. The van der Waals surface area contributed by atoms with Crippen molar-refractivity contribution in [2.75, 3.05) is 33.8 Å². The average Bonchev–Trinajstić information content (AvgIpc) is 3.38. The Morgan fingerprint density at radius 2 is 2.11 bits per heavy atom. The van der Waals surface area contributed by atoms with E-state index < -0.39 is 0 Å². The van der Waals surface area contributed by atoms with Crippen LogP contribution in [0.25, 0.3) is 0 Å². The predicted octanol–water partition coefficient (Wildman–Crippen LogP) is 2.80. The van der Waals surface area contributed by atoms with Crippen LogP contribution in [0.15, 0.2) is 46.1 Å². The molecule has 1 aliphatic heterocycles. The van der Waals surface area contributed by atoms with Crippen LogP contribution in [0, 0.1) is 0 Å². The highest BCUT2D eigenvalue weighted by Gasteiger charge is 2.24. The third-order valence-electron chi connectivity index (χ3n) is 4.67. The van der Waals surface area contributed by atoms with Crippen molar-refractivity contribution in [3.05, 3.63) is 47.9 Å². The first-order chi connectivity index (χ1) is 12.8. The fourth-order valence-electron chi connectivity index (χ4n) is 3.28. The number of aliphatic imine (C=N–C) groups is 1. The van der Waals surface area contributed by atoms with Crippen molar-refractivity contribution in [3.8, 4) is 5.75 Å². The number of guanidine groups is 1. The number of nitrogens with one attached hydrogen (secondary N) is 2. The van der Waals surface area contributed by atoms with Crippen molar-refractivity contribution < 1.29 is 9.26 Å². The topological polar surface area (TPSA) is 74.9 Å². The van der Waals surface area contributed by atoms with Crippen molar-refractivity contribution in [2.45, 2.75) is 25.4 Å². The minimum atomic E-state index is 0. The number of aromatic nitrogens is 1. The van der Waals surface area contributed by atoms with E-state index >= 15 is 0 Å². The zero-order valence-electron chi connectivity index (χ0n) is 15.9. The Morgan fingerprint density at radius 1 is 1.30 bits per heavy atom. The number of halogens is 1. The predicted molar refractivity (Wildman–Crippen MR) is 117 cm³/mol. The Balaban J connectivity index is 0.00000261. The van der Waals surface area contributed by atoms with Crippen molar-refractivity contribution in [1.82, 2.24) is 20.7 Å². The van der Waals surface area contributed by atoms with Gasteiger partial charge in [0.25, 0.3) is 0 Å². The number of benzene rings is 1. The summed E-state index contributed by atoms with van der Waals surface area (Å²) in [5, 5.41) is 10.6. The molecule has 2 N–H and O–H groups in total. The Kier molecular flexibility index (Phi) is 8.86.